The Morgan fingerprint density at radius 3 is 2.50 bits per heavy atom. The van der Waals surface area contributed by atoms with E-state index in [1.54, 1.807) is 0 Å². The first-order valence-corrected chi connectivity index (χ1v) is 7.68. The van der Waals surface area contributed by atoms with E-state index < -0.39 is 0 Å². The lowest BCUT2D eigenvalue weighted by Crippen LogP contribution is -2.25. The molecular formula is C15H20N6O. The van der Waals surface area contributed by atoms with Gasteiger partial charge >= 0.3 is 0 Å². The van der Waals surface area contributed by atoms with Crippen molar-refractivity contribution in [2.75, 3.05) is 18.0 Å². The Balaban J connectivity index is 1.59. The lowest BCUT2D eigenvalue weighted by atomic mass is 10.1. The van der Waals surface area contributed by atoms with E-state index in [0.717, 1.165) is 13.1 Å². The Labute approximate surface area is 129 Å². The molecule has 0 aliphatic carbocycles. The van der Waals surface area contributed by atoms with Crippen molar-refractivity contribution in [2.45, 2.75) is 32.2 Å². The summed E-state index contributed by atoms with van der Waals surface area (Å²) in [7, 11) is 0. The van der Waals surface area contributed by atoms with E-state index in [9.17, 15) is 4.79 Å². The minimum atomic E-state index is -0.132. The number of hydrogen-bond acceptors (Lipinski definition) is 5. The molecule has 1 aromatic heterocycles. The number of nitrogens with one attached hydrogen (secondary N) is 2. The summed E-state index contributed by atoms with van der Waals surface area (Å²) in [6, 6.07) is 7.78. The van der Waals surface area contributed by atoms with E-state index in [1.165, 1.54) is 31.4 Å². The molecule has 3 rings (SSSR count). The quantitative estimate of drug-likeness (QED) is 0.893. The average molecular weight is 300 g/mol. The van der Waals surface area contributed by atoms with Crippen LogP contribution < -0.4 is 10.2 Å². The second-order valence-corrected chi connectivity index (χ2v) is 5.46. The lowest BCUT2D eigenvalue weighted by molar-refractivity contribution is 0.0950. The van der Waals surface area contributed by atoms with Crippen LogP contribution >= 0.6 is 0 Å². The monoisotopic (exact) mass is 300 g/mol. The fourth-order valence-electron chi connectivity index (χ4n) is 2.67. The summed E-state index contributed by atoms with van der Waals surface area (Å²) in [5.74, 6) is 0.335. The highest BCUT2D eigenvalue weighted by atomic mass is 16.1. The smallest absolute Gasteiger partial charge is 0.251 e. The highest BCUT2D eigenvalue weighted by molar-refractivity contribution is 5.94. The van der Waals surface area contributed by atoms with Gasteiger partial charge in [0.1, 0.15) is 0 Å². The third-order valence-electron chi connectivity index (χ3n) is 3.90. The molecule has 1 fully saturated rings. The van der Waals surface area contributed by atoms with Gasteiger partial charge in [0, 0.05) is 24.3 Å². The van der Waals surface area contributed by atoms with Crippen LogP contribution in [0.25, 0.3) is 0 Å². The molecule has 1 aromatic carbocycles. The predicted molar refractivity (Wildman–Crippen MR) is 82.5 cm³/mol. The van der Waals surface area contributed by atoms with E-state index in [4.69, 9.17) is 0 Å². The van der Waals surface area contributed by atoms with Gasteiger partial charge in [-0.3, -0.25) is 4.79 Å². The van der Waals surface area contributed by atoms with Crippen LogP contribution in [0.1, 0.15) is 41.9 Å². The van der Waals surface area contributed by atoms with Crippen LogP contribution in [0.5, 0.6) is 0 Å². The minimum absolute atomic E-state index is 0.132. The number of carbonyl (C=O) groups excluding carboxylic acids is 1. The number of benzene rings is 1. The molecular weight excluding hydrogens is 280 g/mol. The maximum absolute atomic E-state index is 12.1. The first-order valence-electron chi connectivity index (χ1n) is 7.68. The van der Waals surface area contributed by atoms with Crippen LogP contribution in [0, 0.1) is 0 Å². The van der Waals surface area contributed by atoms with Crippen LogP contribution in [0.15, 0.2) is 24.3 Å². The van der Waals surface area contributed by atoms with Crippen molar-refractivity contribution in [1.82, 2.24) is 25.9 Å². The fraction of sp³-hybridized carbons (Fsp3) is 0.467. The molecule has 2 heterocycles. The van der Waals surface area contributed by atoms with Crippen molar-refractivity contribution in [3.63, 3.8) is 0 Å². The van der Waals surface area contributed by atoms with Gasteiger partial charge in [0.15, 0.2) is 5.82 Å². The van der Waals surface area contributed by atoms with Gasteiger partial charge in [0.25, 0.3) is 5.91 Å². The van der Waals surface area contributed by atoms with Crippen molar-refractivity contribution in [3.05, 3.63) is 35.7 Å². The third kappa shape index (κ3) is 3.60. The van der Waals surface area contributed by atoms with Gasteiger partial charge in [-0.25, -0.2) is 0 Å². The Morgan fingerprint density at radius 2 is 1.86 bits per heavy atom. The molecule has 1 amide bonds. The minimum Gasteiger partial charge on any atom is -0.372 e. The molecule has 1 aliphatic rings. The van der Waals surface area contributed by atoms with Gasteiger partial charge in [-0.2, -0.15) is 5.21 Å². The average Bonchev–Trinajstić information content (AvgIpc) is 2.93. The van der Waals surface area contributed by atoms with Crippen molar-refractivity contribution in [1.29, 1.82) is 0 Å². The van der Waals surface area contributed by atoms with Gasteiger partial charge in [-0.15, -0.1) is 10.2 Å². The number of rotatable bonds is 4. The van der Waals surface area contributed by atoms with Crippen LogP contribution in [-0.4, -0.2) is 39.6 Å². The number of hydrogen-bond donors (Lipinski definition) is 2. The number of H-pyrrole nitrogens is 1. The summed E-state index contributed by atoms with van der Waals surface area (Å²) in [5, 5.41) is 16.2. The van der Waals surface area contributed by atoms with Crippen molar-refractivity contribution in [2.24, 2.45) is 0 Å². The summed E-state index contributed by atoms with van der Waals surface area (Å²) in [6.07, 6.45) is 5.11. The first kappa shape index (κ1) is 14.5. The molecule has 0 radical (unpaired) electrons. The topological polar surface area (TPSA) is 86.8 Å². The molecule has 0 unspecified atom stereocenters. The fourth-order valence-corrected chi connectivity index (χ4v) is 2.67. The SMILES string of the molecule is O=C(NCc1nn[nH]n1)c1ccc(N2CCCCCC2)cc1. The maximum Gasteiger partial charge on any atom is 0.251 e. The van der Waals surface area contributed by atoms with E-state index >= 15 is 0 Å². The van der Waals surface area contributed by atoms with Crippen LogP contribution in [0.3, 0.4) is 0 Å². The van der Waals surface area contributed by atoms with Gasteiger partial charge in [-0.05, 0) is 37.1 Å². The highest BCUT2D eigenvalue weighted by Gasteiger charge is 2.11. The summed E-state index contributed by atoms with van der Waals surface area (Å²) in [6.45, 7) is 2.47. The van der Waals surface area contributed by atoms with E-state index in [2.05, 4.69) is 30.8 Å². The van der Waals surface area contributed by atoms with E-state index in [1.807, 2.05) is 24.3 Å². The van der Waals surface area contributed by atoms with Gasteiger partial charge in [0.05, 0.1) is 6.54 Å². The number of carbonyl (C=O) groups is 1. The van der Waals surface area contributed by atoms with Crippen LogP contribution in [0.4, 0.5) is 5.69 Å². The number of tetrazole rings is 1. The van der Waals surface area contributed by atoms with Crippen molar-refractivity contribution in [3.8, 4) is 0 Å². The maximum atomic E-state index is 12.1. The molecule has 0 saturated carbocycles. The number of nitrogens with zero attached hydrogens (tertiary/aromatic N) is 4. The Kier molecular flexibility index (Phi) is 4.62. The number of anilines is 1. The Hall–Kier alpha value is -2.44. The summed E-state index contributed by atoms with van der Waals surface area (Å²) < 4.78 is 0. The molecule has 2 aromatic rings. The standard InChI is InChI=1S/C15H20N6O/c22-15(16-11-14-17-19-20-18-14)12-5-7-13(8-6-12)21-9-3-1-2-4-10-21/h5-8H,1-4,9-11H2,(H,16,22)(H,17,18,19,20). The lowest BCUT2D eigenvalue weighted by Gasteiger charge is -2.22. The van der Waals surface area contributed by atoms with E-state index in [0.29, 0.717) is 11.4 Å². The Morgan fingerprint density at radius 1 is 1.14 bits per heavy atom. The summed E-state index contributed by atoms with van der Waals surface area (Å²) in [4.78, 5) is 14.5. The molecule has 7 heteroatoms. The van der Waals surface area contributed by atoms with E-state index in [-0.39, 0.29) is 12.5 Å². The van der Waals surface area contributed by atoms with Crippen molar-refractivity contribution >= 4 is 11.6 Å². The normalized spacial score (nSPS) is 15.4. The number of aromatic amines is 1. The third-order valence-corrected chi connectivity index (χ3v) is 3.90. The second-order valence-electron chi connectivity index (χ2n) is 5.46. The summed E-state index contributed by atoms with van der Waals surface area (Å²) >= 11 is 0. The first-order chi connectivity index (χ1) is 10.8. The Bertz CT molecular complexity index is 587. The molecule has 0 spiro atoms. The summed E-state index contributed by atoms with van der Waals surface area (Å²) in [5.41, 5.74) is 1.83. The van der Waals surface area contributed by atoms with Gasteiger partial charge in [-0.1, -0.05) is 18.1 Å². The molecule has 7 nitrogen and oxygen atoms in total. The van der Waals surface area contributed by atoms with Crippen LogP contribution in [0.2, 0.25) is 0 Å². The zero-order valence-corrected chi connectivity index (χ0v) is 12.5. The highest BCUT2D eigenvalue weighted by Crippen LogP contribution is 2.20. The second kappa shape index (κ2) is 7.02. The molecule has 1 aliphatic heterocycles. The van der Waals surface area contributed by atoms with Gasteiger partial charge < -0.3 is 10.2 Å². The molecule has 0 bridgehead atoms. The largest absolute Gasteiger partial charge is 0.372 e. The predicted octanol–water partition coefficient (Wildman–Crippen LogP) is 1.51. The molecule has 2 N–H and O–H groups in total. The molecule has 0 atom stereocenters. The zero-order chi connectivity index (χ0) is 15.2. The molecule has 116 valence electrons. The number of amides is 1. The molecule has 1 saturated heterocycles. The van der Waals surface area contributed by atoms with Crippen molar-refractivity contribution < 1.29 is 4.79 Å². The number of aromatic nitrogens is 4. The zero-order valence-electron chi connectivity index (χ0n) is 12.5. The van der Waals surface area contributed by atoms with Gasteiger partial charge in [0.2, 0.25) is 0 Å². The molecule has 22 heavy (non-hydrogen) atoms. The van der Waals surface area contributed by atoms with Crippen LogP contribution in [-0.2, 0) is 6.54 Å².